The Kier molecular flexibility index (Phi) is 5.11. The van der Waals surface area contributed by atoms with E-state index in [0.717, 1.165) is 24.0 Å². The molecule has 0 saturated carbocycles. The number of hydrogen-bond acceptors (Lipinski definition) is 2. The molecule has 0 radical (unpaired) electrons. The van der Waals surface area contributed by atoms with Crippen LogP contribution < -0.4 is 0 Å². The van der Waals surface area contributed by atoms with E-state index in [0.29, 0.717) is 11.1 Å². The highest BCUT2D eigenvalue weighted by molar-refractivity contribution is 6.35. The van der Waals surface area contributed by atoms with Crippen LogP contribution in [0.4, 0.5) is 0 Å². The van der Waals surface area contributed by atoms with Crippen molar-refractivity contribution in [3.8, 4) is 0 Å². The Bertz CT molecular complexity index is 492. The van der Waals surface area contributed by atoms with Gasteiger partial charge in [0.1, 0.15) is 0 Å². The van der Waals surface area contributed by atoms with Crippen molar-refractivity contribution < 1.29 is 0 Å². The summed E-state index contributed by atoms with van der Waals surface area (Å²) in [6.07, 6.45) is 5.15. The molecule has 2 fully saturated rings. The van der Waals surface area contributed by atoms with Gasteiger partial charge in [-0.2, -0.15) is 0 Å². The first-order chi connectivity index (χ1) is 10.1. The van der Waals surface area contributed by atoms with Crippen molar-refractivity contribution in [1.29, 1.82) is 0 Å². The first kappa shape index (κ1) is 15.6. The normalized spacial score (nSPS) is 27.6. The topological polar surface area (TPSA) is 6.48 Å². The first-order valence-corrected chi connectivity index (χ1v) is 8.81. The summed E-state index contributed by atoms with van der Waals surface area (Å²) in [7, 11) is 0. The molecule has 0 aromatic heterocycles. The zero-order valence-electron chi connectivity index (χ0n) is 12.7. The third-order valence-corrected chi connectivity index (χ3v) is 5.59. The van der Waals surface area contributed by atoms with Crippen LogP contribution in [-0.2, 0) is 6.42 Å². The third kappa shape index (κ3) is 3.73. The molecule has 2 aliphatic heterocycles. The van der Waals surface area contributed by atoms with E-state index < -0.39 is 0 Å². The predicted octanol–water partition coefficient (Wildman–Crippen LogP) is 4.09. The second-order valence-corrected chi connectivity index (χ2v) is 7.32. The van der Waals surface area contributed by atoms with Crippen molar-refractivity contribution in [3.63, 3.8) is 0 Å². The van der Waals surface area contributed by atoms with Crippen LogP contribution in [-0.4, -0.2) is 48.1 Å². The fourth-order valence-electron chi connectivity index (χ4n) is 3.71. The summed E-state index contributed by atoms with van der Waals surface area (Å²) in [5.41, 5.74) is 1.21. The summed E-state index contributed by atoms with van der Waals surface area (Å²) in [5.74, 6) is 0. The summed E-state index contributed by atoms with van der Waals surface area (Å²) in [6.45, 7) is 7.18. The number of hydrogen-bond donors (Lipinski definition) is 0. The summed E-state index contributed by atoms with van der Waals surface area (Å²) in [4.78, 5) is 5.33. The molecule has 2 saturated heterocycles. The van der Waals surface area contributed by atoms with Crippen LogP contribution in [0.5, 0.6) is 0 Å². The second kappa shape index (κ2) is 6.87. The Morgan fingerprint density at radius 2 is 2.05 bits per heavy atom. The second-order valence-electron chi connectivity index (χ2n) is 6.47. The predicted molar refractivity (Wildman–Crippen MR) is 90.4 cm³/mol. The summed E-state index contributed by atoms with van der Waals surface area (Å²) in [5, 5.41) is 1.51. The quantitative estimate of drug-likeness (QED) is 0.825. The largest absolute Gasteiger partial charge is 0.298 e. The number of benzene rings is 1. The van der Waals surface area contributed by atoms with Gasteiger partial charge in [0.15, 0.2) is 0 Å². The van der Waals surface area contributed by atoms with E-state index in [4.69, 9.17) is 23.2 Å². The monoisotopic (exact) mass is 326 g/mol. The van der Waals surface area contributed by atoms with Crippen LogP contribution >= 0.6 is 23.2 Å². The van der Waals surface area contributed by atoms with E-state index in [-0.39, 0.29) is 0 Å². The highest BCUT2D eigenvalue weighted by atomic mass is 35.5. The maximum atomic E-state index is 6.28. The number of piperazine rings is 1. The highest BCUT2D eigenvalue weighted by Gasteiger charge is 2.32. The van der Waals surface area contributed by atoms with Gasteiger partial charge in [-0.1, -0.05) is 35.7 Å². The van der Waals surface area contributed by atoms with E-state index in [2.05, 4.69) is 22.8 Å². The molecular weight excluding hydrogens is 303 g/mol. The van der Waals surface area contributed by atoms with E-state index in [1.54, 1.807) is 0 Å². The number of fused-ring (bicyclic) bond motifs is 1. The van der Waals surface area contributed by atoms with Crippen LogP contribution in [0, 0.1) is 0 Å². The smallest absolute Gasteiger partial charge is 0.0453 e. The average molecular weight is 327 g/mol. The lowest BCUT2D eigenvalue weighted by molar-refractivity contribution is 0.0160. The van der Waals surface area contributed by atoms with Gasteiger partial charge in [0.25, 0.3) is 0 Å². The Hall–Kier alpha value is -0.280. The summed E-state index contributed by atoms with van der Waals surface area (Å²) >= 11 is 12.2. The maximum absolute atomic E-state index is 6.28. The lowest BCUT2D eigenvalue weighted by Crippen LogP contribution is -2.58. The van der Waals surface area contributed by atoms with Gasteiger partial charge in [0.2, 0.25) is 0 Å². The molecular formula is C17H24Cl2N2. The third-order valence-electron chi connectivity index (χ3n) is 5.00. The fourth-order valence-corrected chi connectivity index (χ4v) is 4.22. The van der Waals surface area contributed by atoms with Crippen molar-refractivity contribution in [3.05, 3.63) is 33.8 Å². The molecule has 2 atom stereocenters. The molecule has 2 unspecified atom stereocenters. The van der Waals surface area contributed by atoms with Gasteiger partial charge < -0.3 is 0 Å². The van der Waals surface area contributed by atoms with Gasteiger partial charge in [0, 0.05) is 41.8 Å². The molecule has 116 valence electrons. The average Bonchev–Trinajstić information content (AvgIpc) is 2.46. The SMILES string of the molecule is CC1CN2CCCCC2CN1CCc1ccc(Cl)cc1Cl. The van der Waals surface area contributed by atoms with Crippen molar-refractivity contribution in [2.45, 2.75) is 44.7 Å². The highest BCUT2D eigenvalue weighted by Crippen LogP contribution is 2.25. The molecule has 3 rings (SSSR count). The molecule has 0 amide bonds. The summed E-state index contributed by atoms with van der Waals surface area (Å²) < 4.78 is 0. The maximum Gasteiger partial charge on any atom is 0.0453 e. The minimum Gasteiger partial charge on any atom is -0.298 e. The molecule has 1 aromatic rings. The number of rotatable bonds is 3. The molecule has 4 heteroatoms. The van der Waals surface area contributed by atoms with Crippen LogP contribution in [0.2, 0.25) is 10.0 Å². The molecule has 2 aliphatic rings. The molecule has 2 nitrogen and oxygen atoms in total. The van der Waals surface area contributed by atoms with Gasteiger partial charge in [-0.05, 0) is 50.4 Å². The standard InChI is InChI=1S/C17H24Cl2N2/c1-13-11-21-8-3-2-4-16(21)12-20(13)9-7-14-5-6-15(18)10-17(14)19/h5-6,10,13,16H,2-4,7-9,11-12H2,1H3. The molecule has 2 heterocycles. The van der Waals surface area contributed by atoms with Gasteiger partial charge in [0.05, 0.1) is 0 Å². The Labute approximate surface area is 138 Å². The Balaban J connectivity index is 1.59. The molecule has 1 aromatic carbocycles. The minimum absolute atomic E-state index is 0.644. The van der Waals surface area contributed by atoms with Crippen molar-refractivity contribution in [2.24, 2.45) is 0 Å². The van der Waals surface area contributed by atoms with Crippen molar-refractivity contribution in [1.82, 2.24) is 9.80 Å². The Morgan fingerprint density at radius 3 is 2.86 bits per heavy atom. The van der Waals surface area contributed by atoms with Crippen LogP contribution in [0.3, 0.4) is 0 Å². The molecule has 21 heavy (non-hydrogen) atoms. The molecule has 0 bridgehead atoms. The molecule has 0 N–H and O–H groups in total. The fraction of sp³-hybridized carbons (Fsp3) is 0.647. The zero-order chi connectivity index (χ0) is 14.8. The minimum atomic E-state index is 0.644. The summed E-state index contributed by atoms with van der Waals surface area (Å²) in [6, 6.07) is 7.26. The van der Waals surface area contributed by atoms with E-state index in [9.17, 15) is 0 Å². The number of piperidine rings is 1. The zero-order valence-corrected chi connectivity index (χ0v) is 14.2. The lowest BCUT2D eigenvalue weighted by Gasteiger charge is -2.47. The van der Waals surface area contributed by atoms with E-state index in [1.807, 2.05) is 12.1 Å². The van der Waals surface area contributed by atoms with Gasteiger partial charge >= 0.3 is 0 Å². The Morgan fingerprint density at radius 1 is 1.19 bits per heavy atom. The first-order valence-electron chi connectivity index (χ1n) is 8.05. The van der Waals surface area contributed by atoms with Crippen LogP contribution in [0.15, 0.2) is 18.2 Å². The molecule has 0 aliphatic carbocycles. The lowest BCUT2D eigenvalue weighted by atomic mass is 9.97. The van der Waals surface area contributed by atoms with Crippen molar-refractivity contribution in [2.75, 3.05) is 26.2 Å². The van der Waals surface area contributed by atoms with E-state index >= 15 is 0 Å². The van der Waals surface area contributed by atoms with Crippen LogP contribution in [0.1, 0.15) is 31.7 Å². The number of halogens is 2. The molecule has 0 spiro atoms. The van der Waals surface area contributed by atoms with E-state index in [1.165, 1.54) is 44.5 Å². The van der Waals surface area contributed by atoms with Crippen molar-refractivity contribution >= 4 is 23.2 Å². The van der Waals surface area contributed by atoms with Crippen LogP contribution in [0.25, 0.3) is 0 Å². The number of nitrogens with zero attached hydrogens (tertiary/aromatic N) is 2. The van der Waals surface area contributed by atoms with Gasteiger partial charge in [-0.15, -0.1) is 0 Å². The van der Waals surface area contributed by atoms with Gasteiger partial charge in [-0.3, -0.25) is 9.80 Å². The van der Waals surface area contributed by atoms with Gasteiger partial charge in [-0.25, -0.2) is 0 Å².